The first kappa shape index (κ1) is 7.53. The van der Waals surface area contributed by atoms with Crippen LogP contribution in [0.3, 0.4) is 0 Å². The Morgan fingerprint density at radius 3 is 2.92 bits per heavy atom. The summed E-state index contributed by atoms with van der Waals surface area (Å²) >= 11 is 0. The van der Waals surface area contributed by atoms with Crippen molar-refractivity contribution in [3.05, 3.63) is 18.6 Å². The monoisotopic (exact) mass is 162 g/mol. The third-order valence-corrected chi connectivity index (χ3v) is 2.23. The lowest BCUT2D eigenvalue weighted by Crippen LogP contribution is -2.15. The Balaban J connectivity index is 1.94. The molecule has 1 heterocycles. The molecule has 0 aliphatic heterocycles. The van der Waals surface area contributed by atoms with Gasteiger partial charge in [-0.05, 0) is 12.8 Å². The van der Waals surface area contributed by atoms with E-state index in [-0.39, 0.29) is 0 Å². The van der Waals surface area contributed by atoms with Crippen molar-refractivity contribution in [1.29, 1.82) is 0 Å². The quantitative estimate of drug-likeness (QED) is 0.718. The molecule has 12 heavy (non-hydrogen) atoms. The average Bonchev–Trinajstić information content (AvgIpc) is 2.59. The van der Waals surface area contributed by atoms with Crippen LogP contribution in [-0.2, 0) is 0 Å². The first-order valence-electron chi connectivity index (χ1n) is 4.39. The molecule has 0 spiro atoms. The Kier molecular flexibility index (Phi) is 2.21. The predicted octanol–water partition coefficient (Wildman–Crippen LogP) is 1.63. The highest BCUT2D eigenvalue weighted by Crippen LogP contribution is 2.20. The molecule has 0 bridgehead atoms. The van der Waals surface area contributed by atoms with Crippen molar-refractivity contribution >= 4 is 5.82 Å². The number of aromatic nitrogens is 2. The second-order valence-electron chi connectivity index (χ2n) is 3.14. The number of hydrogen-bond donors (Lipinski definition) is 1. The van der Waals surface area contributed by atoms with Gasteiger partial charge in [-0.15, -0.1) is 0 Å². The standard InChI is InChI=1S/C9H12N3/c1-2-4-8(3-1)12-9-5-6-10-7-11-9/h6-8H,1-4H2,(H,10,11,12). The molecule has 1 aromatic rings. The van der Waals surface area contributed by atoms with E-state index in [2.05, 4.69) is 21.4 Å². The largest absolute Gasteiger partial charge is 0.367 e. The maximum atomic E-state index is 4.06. The van der Waals surface area contributed by atoms with E-state index in [1.54, 1.807) is 12.5 Å². The van der Waals surface area contributed by atoms with Gasteiger partial charge in [-0.3, -0.25) is 0 Å². The smallest absolute Gasteiger partial charge is 0.137 e. The van der Waals surface area contributed by atoms with Crippen molar-refractivity contribution in [1.82, 2.24) is 9.97 Å². The van der Waals surface area contributed by atoms with Crippen LogP contribution in [0.2, 0.25) is 0 Å². The van der Waals surface area contributed by atoms with E-state index in [0.29, 0.717) is 6.04 Å². The van der Waals surface area contributed by atoms with E-state index in [0.717, 1.165) is 5.82 Å². The predicted molar refractivity (Wildman–Crippen MR) is 46.7 cm³/mol. The van der Waals surface area contributed by atoms with Crippen LogP contribution in [-0.4, -0.2) is 16.0 Å². The van der Waals surface area contributed by atoms with Crippen molar-refractivity contribution in [3.8, 4) is 0 Å². The molecule has 3 heteroatoms. The fourth-order valence-corrected chi connectivity index (χ4v) is 1.60. The first-order valence-corrected chi connectivity index (χ1v) is 4.39. The molecule has 63 valence electrons. The molecular weight excluding hydrogens is 150 g/mol. The molecule has 1 aromatic heterocycles. The summed E-state index contributed by atoms with van der Waals surface area (Å²) in [6, 6.07) is 3.57. The average molecular weight is 162 g/mol. The van der Waals surface area contributed by atoms with E-state index in [1.165, 1.54) is 25.7 Å². The van der Waals surface area contributed by atoms with Crippen LogP contribution in [0, 0.1) is 6.07 Å². The third-order valence-electron chi connectivity index (χ3n) is 2.23. The second-order valence-corrected chi connectivity index (χ2v) is 3.14. The van der Waals surface area contributed by atoms with Gasteiger partial charge in [0.1, 0.15) is 12.1 Å². The molecule has 1 N–H and O–H groups in total. The van der Waals surface area contributed by atoms with Gasteiger partial charge < -0.3 is 5.32 Å². The van der Waals surface area contributed by atoms with Gasteiger partial charge in [0.25, 0.3) is 0 Å². The lowest BCUT2D eigenvalue weighted by Gasteiger charge is -2.10. The van der Waals surface area contributed by atoms with Gasteiger partial charge >= 0.3 is 0 Å². The summed E-state index contributed by atoms with van der Waals surface area (Å²) in [4.78, 5) is 7.88. The Bertz CT molecular complexity index is 229. The molecule has 0 atom stereocenters. The minimum absolute atomic E-state index is 0.608. The fourth-order valence-electron chi connectivity index (χ4n) is 1.60. The van der Waals surface area contributed by atoms with E-state index >= 15 is 0 Å². The van der Waals surface area contributed by atoms with Gasteiger partial charge in [0.15, 0.2) is 0 Å². The minimum atomic E-state index is 0.608. The molecule has 1 aliphatic rings. The lowest BCUT2D eigenvalue weighted by atomic mass is 10.2. The van der Waals surface area contributed by atoms with E-state index in [4.69, 9.17) is 0 Å². The second kappa shape index (κ2) is 3.52. The molecule has 1 aliphatic carbocycles. The molecular formula is C9H12N3. The zero-order valence-electron chi connectivity index (χ0n) is 6.95. The SMILES string of the molecule is [c]1cncnc1NC1CCCC1. The van der Waals surface area contributed by atoms with Crippen LogP contribution in [0.1, 0.15) is 25.7 Å². The maximum absolute atomic E-state index is 4.06. The molecule has 1 radical (unpaired) electrons. The lowest BCUT2D eigenvalue weighted by molar-refractivity contribution is 0.749. The molecule has 0 saturated heterocycles. The normalized spacial score (nSPS) is 18.0. The molecule has 1 saturated carbocycles. The van der Waals surface area contributed by atoms with E-state index in [1.807, 2.05) is 0 Å². The molecule has 0 unspecified atom stereocenters. The summed E-state index contributed by atoms with van der Waals surface area (Å²) in [5.74, 6) is 0.830. The summed E-state index contributed by atoms with van der Waals surface area (Å²) in [5.41, 5.74) is 0. The van der Waals surface area contributed by atoms with Gasteiger partial charge in [-0.1, -0.05) is 12.8 Å². The van der Waals surface area contributed by atoms with Crippen LogP contribution in [0.25, 0.3) is 0 Å². The highest BCUT2D eigenvalue weighted by molar-refractivity contribution is 5.31. The molecule has 1 fully saturated rings. The van der Waals surface area contributed by atoms with Gasteiger partial charge in [-0.2, -0.15) is 0 Å². The van der Waals surface area contributed by atoms with Crippen molar-refractivity contribution < 1.29 is 0 Å². The van der Waals surface area contributed by atoms with Gasteiger partial charge in [-0.25, -0.2) is 9.97 Å². The number of anilines is 1. The highest BCUT2D eigenvalue weighted by atomic mass is 15.0. The summed E-state index contributed by atoms with van der Waals surface area (Å²) in [7, 11) is 0. The summed E-state index contributed by atoms with van der Waals surface area (Å²) in [5, 5.41) is 3.33. The van der Waals surface area contributed by atoms with E-state index < -0.39 is 0 Å². The Morgan fingerprint density at radius 2 is 2.25 bits per heavy atom. The van der Waals surface area contributed by atoms with Gasteiger partial charge in [0.2, 0.25) is 0 Å². The number of rotatable bonds is 2. The summed E-state index contributed by atoms with van der Waals surface area (Å²) < 4.78 is 0. The van der Waals surface area contributed by atoms with Crippen molar-refractivity contribution in [2.45, 2.75) is 31.7 Å². The van der Waals surface area contributed by atoms with Crippen LogP contribution < -0.4 is 5.32 Å². The van der Waals surface area contributed by atoms with Crippen LogP contribution >= 0.6 is 0 Å². The maximum Gasteiger partial charge on any atom is 0.137 e. The third kappa shape index (κ3) is 1.72. The zero-order valence-corrected chi connectivity index (χ0v) is 6.95. The van der Waals surface area contributed by atoms with Crippen molar-refractivity contribution in [3.63, 3.8) is 0 Å². The Hall–Kier alpha value is -1.12. The minimum Gasteiger partial charge on any atom is -0.367 e. The summed E-state index contributed by atoms with van der Waals surface area (Å²) in [6.07, 6.45) is 8.39. The van der Waals surface area contributed by atoms with Crippen molar-refractivity contribution in [2.24, 2.45) is 0 Å². The van der Waals surface area contributed by atoms with E-state index in [9.17, 15) is 0 Å². The zero-order chi connectivity index (χ0) is 8.23. The number of nitrogens with zero attached hydrogens (tertiary/aromatic N) is 2. The highest BCUT2D eigenvalue weighted by Gasteiger charge is 2.14. The fraction of sp³-hybridized carbons (Fsp3) is 0.556. The van der Waals surface area contributed by atoms with Crippen LogP contribution in [0.4, 0.5) is 5.82 Å². The van der Waals surface area contributed by atoms with Gasteiger partial charge in [0, 0.05) is 18.3 Å². The molecule has 3 nitrogen and oxygen atoms in total. The van der Waals surface area contributed by atoms with Crippen LogP contribution in [0.15, 0.2) is 12.5 Å². The number of nitrogens with one attached hydrogen (secondary N) is 1. The molecule has 0 amide bonds. The first-order chi connectivity index (χ1) is 5.95. The van der Waals surface area contributed by atoms with Gasteiger partial charge in [0.05, 0.1) is 0 Å². The topological polar surface area (TPSA) is 37.8 Å². The molecule has 0 aromatic carbocycles. The Morgan fingerprint density at radius 1 is 1.42 bits per heavy atom. The number of hydrogen-bond acceptors (Lipinski definition) is 3. The molecule has 2 rings (SSSR count). The summed E-state index contributed by atoms with van der Waals surface area (Å²) in [6.45, 7) is 0. The van der Waals surface area contributed by atoms with Crippen LogP contribution in [0.5, 0.6) is 0 Å². The Labute approximate surface area is 72.2 Å². The van der Waals surface area contributed by atoms with Crippen molar-refractivity contribution in [2.75, 3.05) is 5.32 Å².